The maximum atomic E-state index is 14.1. The highest BCUT2D eigenvalue weighted by molar-refractivity contribution is 7.00. The molecule has 40 heavy (non-hydrogen) atoms. The van der Waals surface area contributed by atoms with Crippen molar-refractivity contribution in [2.75, 3.05) is 18.6 Å². The van der Waals surface area contributed by atoms with Crippen molar-refractivity contribution in [3.05, 3.63) is 121 Å². The smallest absolute Gasteiger partial charge is 0.320 e. The number of benzene rings is 4. The number of hydrogen-bond donors (Lipinski definition) is 0. The van der Waals surface area contributed by atoms with Crippen LogP contribution in [0, 0.1) is 5.92 Å². The molecule has 0 spiro atoms. The number of methoxy groups -OCH3 is 1. The van der Waals surface area contributed by atoms with Crippen LogP contribution in [0.25, 0.3) is 0 Å². The number of rotatable bonds is 9. The summed E-state index contributed by atoms with van der Waals surface area (Å²) in [5.74, 6) is 0.763. The Morgan fingerprint density at radius 2 is 1.30 bits per heavy atom. The number of para-hydroxylation sites is 2. The highest BCUT2D eigenvalue weighted by atomic mass is 28.4. The fourth-order valence-corrected chi connectivity index (χ4v) is 10.6. The van der Waals surface area contributed by atoms with Gasteiger partial charge in [-0.25, -0.2) is 0 Å². The molecule has 0 saturated carbocycles. The van der Waals surface area contributed by atoms with Crippen LogP contribution in [0.1, 0.15) is 32.8 Å². The largest absolute Gasteiger partial charge is 0.533 e. The average Bonchev–Trinajstić information content (AvgIpc) is 3.26. The van der Waals surface area contributed by atoms with Crippen LogP contribution in [0.15, 0.2) is 115 Å². The molecule has 0 radical (unpaired) electrons. The van der Waals surface area contributed by atoms with Crippen molar-refractivity contribution in [1.29, 1.82) is 0 Å². The van der Waals surface area contributed by atoms with Gasteiger partial charge in [-0.3, -0.25) is 4.79 Å². The molecule has 1 amide bonds. The molecule has 0 unspecified atom stereocenters. The summed E-state index contributed by atoms with van der Waals surface area (Å²) < 4.78 is 13.0. The quantitative estimate of drug-likeness (QED) is 0.232. The molecular weight excluding hydrogens is 510 g/mol. The van der Waals surface area contributed by atoms with E-state index in [0.29, 0.717) is 13.0 Å². The van der Waals surface area contributed by atoms with Gasteiger partial charge < -0.3 is 14.1 Å². The lowest BCUT2D eigenvalue weighted by Gasteiger charge is -2.43. The molecule has 1 aliphatic heterocycles. The Morgan fingerprint density at radius 1 is 0.775 bits per heavy atom. The molecule has 4 aromatic carbocycles. The van der Waals surface area contributed by atoms with E-state index in [2.05, 4.69) is 93.6 Å². The van der Waals surface area contributed by atoms with Gasteiger partial charge in [0, 0.05) is 13.0 Å². The van der Waals surface area contributed by atoms with E-state index in [1.165, 1.54) is 15.9 Å². The summed E-state index contributed by atoms with van der Waals surface area (Å²) in [4.78, 5) is 16.0. The maximum absolute atomic E-state index is 14.1. The minimum atomic E-state index is -2.88. The van der Waals surface area contributed by atoms with Crippen molar-refractivity contribution in [1.82, 2.24) is 0 Å². The highest BCUT2D eigenvalue weighted by Crippen LogP contribution is 2.43. The summed E-state index contributed by atoms with van der Waals surface area (Å²) in [7, 11) is -1.18. The molecule has 0 bridgehead atoms. The number of ether oxygens (including phenoxy) is 1. The van der Waals surface area contributed by atoms with E-state index < -0.39 is 8.32 Å². The zero-order valence-corrected chi connectivity index (χ0v) is 24.9. The van der Waals surface area contributed by atoms with Crippen molar-refractivity contribution in [2.24, 2.45) is 5.92 Å². The Hall–Kier alpha value is -3.67. The molecule has 5 heteroatoms. The van der Waals surface area contributed by atoms with E-state index in [4.69, 9.17) is 9.16 Å². The molecule has 2 atom stereocenters. The van der Waals surface area contributed by atoms with Crippen LogP contribution >= 0.6 is 0 Å². The molecule has 1 aliphatic rings. The van der Waals surface area contributed by atoms with Crippen molar-refractivity contribution < 1.29 is 14.0 Å². The van der Waals surface area contributed by atoms with Crippen LogP contribution in [0.2, 0.25) is 5.04 Å². The van der Waals surface area contributed by atoms with Crippen molar-refractivity contribution in [2.45, 2.75) is 44.7 Å². The maximum Gasteiger partial charge on any atom is 0.320 e. The first-order chi connectivity index (χ1) is 19.3. The molecule has 0 aliphatic carbocycles. The summed E-state index contributed by atoms with van der Waals surface area (Å²) >= 11 is 0. The number of carbonyl (C=O) groups excluding carboxylic acids is 1. The van der Waals surface area contributed by atoms with Crippen molar-refractivity contribution in [3.63, 3.8) is 0 Å². The van der Waals surface area contributed by atoms with Gasteiger partial charge in [-0.05, 0) is 45.9 Å². The molecular formula is C35H39NO3Si. The molecule has 0 N–H and O–H groups in total. The Morgan fingerprint density at radius 3 is 1.85 bits per heavy atom. The molecule has 1 fully saturated rings. The van der Waals surface area contributed by atoms with Crippen LogP contribution in [-0.2, 0) is 16.0 Å². The van der Waals surface area contributed by atoms with E-state index in [1.54, 1.807) is 7.11 Å². The number of carbonyl (C=O) groups is 1. The first-order valence-electron chi connectivity index (χ1n) is 14.1. The van der Waals surface area contributed by atoms with Crippen molar-refractivity contribution in [3.8, 4) is 5.75 Å². The third-order valence-electron chi connectivity index (χ3n) is 8.00. The lowest BCUT2D eigenvalue weighted by molar-refractivity contribution is -0.120. The topological polar surface area (TPSA) is 38.8 Å². The fourth-order valence-electron chi connectivity index (χ4n) is 6.19. The predicted molar refractivity (Wildman–Crippen MR) is 166 cm³/mol. The van der Waals surface area contributed by atoms with Gasteiger partial charge in [-0.15, -0.1) is 0 Å². The number of hydrogen-bond acceptors (Lipinski definition) is 3. The summed E-state index contributed by atoms with van der Waals surface area (Å²) in [5.41, 5.74) is 1.99. The normalized spacial score (nSPS) is 17.7. The Kier molecular flexibility index (Phi) is 8.24. The monoisotopic (exact) mass is 549 g/mol. The Labute approximate surface area is 239 Å². The summed E-state index contributed by atoms with van der Waals surface area (Å²) in [6, 6.07) is 39.5. The van der Waals surface area contributed by atoms with Gasteiger partial charge in [0.25, 0.3) is 0 Å². The second-order valence-corrected chi connectivity index (χ2v) is 15.9. The fraction of sp³-hybridized carbons (Fsp3) is 0.286. The van der Waals surface area contributed by atoms with Gasteiger partial charge >= 0.3 is 8.32 Å². The van der Waals surface area contributed by atoms with Crippen LogP contribution in [-0.4, -0.2) is 34.0 Å². The van der Waals surface area contributed by atoms with Crippen LogP contribution < -0.4 is 19.7 Å². The standard InChI is InChI=1S/C35H39NO3Si/c1-35(2,3)40(30-18-10-6-11-19-30,31-20-12-7-13-21-31)39-33-23-15-14-22-32(33)36-29(26-38-4)25-28(34(36)37)24-27-16-8-5-9-17-27/h5-23,28-29H,24-26H2,1-4H3/t28-,29+/m0/s1. The van der Waals surface area contributed by atoms with Gasteiger partial charge in [0.1, 0.15) is 5.75 Å². The van der Waals surface area contributed by atoms with Gasteiger partial charge in [0.2, 0.25) is 5.91 Å². The summed E-state index contributed by atoms with van der Waals surface area (Å²) in [5, 5.41) is 2.21. The zero-order valence-electron chi connectivity index (χ0n) is 23.9. The number of anilines is 1. The predicted octanol–water partition coefficient (Wildman–Crippen LogP) is 6.24. The van der Waals surface area contributed by atoms with E-state index in [0.717, 1.165) is 17.9 Å². The zero-order chi connectivity index (χ0) is 28.2. The van der Waals surface area contributed by atoms with Gasteiger partial charge in [-0.1, -0.05) is 124 Å². The molecule has 4 aromatic rings. The highest BCUT2D eigenvalue weighted by Gasteiger charge is 2.53. The SMILES string of the molecule is COC[C@H]1C[C@H](Cc2ccccc2)C(=O)N1c1ccccc1O[Si](c1ccccc1)(c1ccccc1)C(C)(C)C. The first-order valence-corrected chi connectivity index (χ1v) is 16.0. The lowest BCUT2D eigenvalue weighted by atomic mass is 9.96. The summed E-state index contributed by atoms with van der Waals surface area (Å²) in [6.45, 7) is 7.29. The number of amides is 1. The second-order valence-electron chi connectivity index (χ2n) is 11.7. The minimum Gasteiger partial charge on any atom is -0.533 e. The molecule has 206 valence electrons. The van der Waals surface area contributed by atoms with E-state index in [-0.39, 0.29) is 22.9 Å². The first kappa shape index (κ1) is 27.9. The molecule has 5 rings (SSSR count). The summed E-state index contributed by atoms with van der Waals surface area (Å²) in [6.07, 6.45) is 1.46. The van der Waals surface area contributed by atoms with Crippen molar-refractivity contribution >= 4 is 30.3 Å². The van der Waals surface area contributed by atoms with E-state index >= 15 is 0 Å². The molecule has 1 heterocycles. The Bertz CT molecular complexity index is 1360. The third kappa shape index (κ3) is 5.36. The number of nitrogens with zero attached hydrogens (tertiary/aromatic N) is 1. The lowest BCUT2D eigenvalue weighted by Crippen LogP contribution is -2.69. The van der Waals surface area contributed by atoms with Gasteiger partial charge in [-0.2, -0.15) is 0 Å². The second kappa shape index (κ2) is 11.8. The molecule has 0 aromatic heterocycles. The Balaban J connectivity index is 1.60. The van der Waals surface area contributed by atoms with Gasteiger partial charge in [0.05, 0.1) is 18.3 Å². The average molecular weight is 550 g/mol. The van der Waals surface area contributed by atoms with Crippen LogP contribution in [0.4, 0.5) is 5.69 Å². The van der Waals surface area contributed by atoms with Gasteiger partial charge in [0.15, 0.2) is 0 Å². The van der Waals surface area contributed by atoms with E-state index in [9.17, 15) is 4.79 Å². The molecule has 4 nitrogen and oxygen atoms in total. The van der Waals surface area contributed by atoms with E-state index in [1.807, 2.05) is 47.4 Å². The molecule has 1 saturated heterocycles. The van der Waals surface area contributed by atoms with Crippen LogP contribution in [0.3, 0.4) is 0 Å². The van der Waals surface area contributed by atoms with Crippen LogP contribution in [0.5, 0.6) is 5.75 Å². The third-order valence-corrected chi connectivity index (χ3v) is 12.9. The minimum absolute atomic E-state index is 0.0601.